The van der Waals surface area contributed by atoms with E-state index in [2.05, 4.69) is 76.2 Å². The van der Waals surface area contributed by atoms with Crippen LogP contribution in [0.2, 0.25) is 0 Å². The Morgan fingerprint density at radius 1 is 0.600 bits per heavy atom. The van der Waals surface area contributed by atoms with Gasteiger partial charge in [0.1, 0.15) is 5.75 Å². The van der Waals surface area contributed by atoms with Crippen LogP contribution in [-0.4, -0.2) is 5.11 Å². The van der Waals surface area contributed by atoms with E-state index in [-0.39, 0.29) is 0 Å². The Bertz CT molecular complexity index is 875. The fourth-order valence-electron chi connectivity index (χ4n) is 3.43. The van der Waals surface area contributed by atoms with Crippen LogP contribution in [0.5, 0.6) is 5.75 Å². The summed E-state index contributed by atoms with van der Waals surface area (Å²) in [5.74, 6) is 1.19. The molecule has 0 saturated carbocycles. The van der Waals surface area contributed by atoms with E-state index in [1.165, 1.54) is 16.7 Å². The molecule has 0 fully saturated rings. The van der Waals surface area contributed by atoms with E-state index in [1.54, 1.807) is 0 Å². The highest BCUT2D eigenvalue weighted by molar-refractivity contribution is 5.80. The number of hydrogen-bond donors (Lipinski definition) is 1. The summed E-state index contributed by atoms with van der Waals surface area (Å²) in [6, 6.07) is 22.8. The van der Waals surface area contributed by atoms with E-state index >= 15 is 0 Å². The standard InChI is InChI=1S/C24H26O/c1-16(2)19-9-5-7-11-21(19)18-13-14-24(25)23(15-18)22-12-8-6-10-20(22)17(3)4/h5-17,25H,1-4H3. The molecule has 0 aromatic heterocycles. The Balaban J connectivity index is 2.19. The molecular formula is C24H26O. The minimum absolute atomic E-state index is 0.332. The van der Waals surface area contributed by atoms with E-state index in [0.29, 0.717) is 17.6 Å². The minimum atomic E-state index is 0.332. The Morgan fingerprint density at radius 2 is 1.12 bits per heavy atom. The second kappa shape index (κ2) is 7.14. The lowest BCUT2D eigenvalue weighted by Crippen LogP contribution is -1.94. The molecule has 3 aromatic carbocycles. The molecule has 0 aliphatic rings. The van der Waals surface area contributed by atoms with Gasteiger partial charge in [0.2, 0.25) is 0 Å². The number of aromatic hydroxyl groups is 1. The fourth-order valence-corrected chi connectivity index (χ4v) is 3.43. The van der Waals surface area contributed by atoms with Gasteiger partial charge in [-0.2, -0.15) is 0 Å². The highest BCUT2D eigenvalue weighted by Crippen LogP contribution is 2.39. The van der Waals surface area contributed by atoms with Gasteiger partial charge >= 0.3 is 0 Å². The van der Waals surface area contributed by atoms with Crippen LogP contribution < -0.4 is 0 Å². The molecule has 0 bridgehead atoms. The number of benzene rings is 3. The number of phenols is 1. The van der Waals surface area contributed by atoms with Crippen molar-refractivity contribution in [2.45, 2.75) is 39.5 Å². The zero-order valence-corrected chi connectivity index (χ0v) is 15.5. The van der Waals surface area contributed by atoms with E-state index in [0.717, 1.165) is 16.7 Å². The molecule has 1 nitrogen and oxygen atoms in total. The molecule has 3 aromatic rings. The monoisotopic (exact) mass is 330 g/mol. The van der Waals surface area contributed by atoms with Crippen molar-refractivity contribution < 1.29 is 5.11 Å². The van der Waals surface area contributed by atoms with Gasteiger partial charge in [-0.15, -0.1) is 0 Å². The summed E-state index contributed by atoms with van der Waals surface area (Å²) >= 11 is 0. The Hall–Kier alpha value is -2.54. The third-order valence-corrected chi connectivity index (χ3v) is 4.76. The summed E-state index contributed by atoms with van der Waals surface area (Å²) in [6.45, 7) is 8.81. The van der Waals surface area contributed by atoms with Crippen molar-refractivity contribution in [2.24, 2.45) is 0 Å². The molecule has 0 spiro atoms. The largest absolute Gasteiger partial charge is 0.507 e. The summed E-state index contributed by atoms with van der Waals surface area (Å²) in [5, 5.41) is 10.5. The van der Waals surface area contributed by atoms with Gasteiger partial charge in [-0.3, -0.25) is 0 Å². The molecule has 0 unspecified atom stereocenters. The van der Waals surface area contributed by atoms with Crippen LogP contribution in [-0.2, 0) is 0 Å². The molecule has 25 heavy (non-hydrogen) atoms. The molecule has 0 atom stereocenters. The molecule has 0 aliphatic carbocycles. The van der Waals surface area contributed by atoms with E-state index in [9.17, 15) is 5.11 Å². The van der Waals surface area contributed by atoms with Crippen molar-refractivity contribution in [3.8, 4) is 28.0 Å². The van der Waals surface area contributed by atoms with Gasteiger partial charge in [0.15, 0.2) is 0 Å². The van der Waals surface area contributed by atoms with Gasteiger partial charge in [-0.25, -0.2) is 0 Å². The van der Waals surface area contributed by atoms with Gasteiger partial charge in [0.05, 0.1) is 0 Å². The molecule has 0 aliphatic heterocycles. The Kier molecular flexibility index (Phi) is 4.94. The van der Waals surface area contributed by atoms with Crippen LogP contribution >= 0.6 is 0 Å². The van der Waals surface area contributed by atoms with Gasteiger partial charge in [-0.1, -0.05) is 82.3 Å². The molecule has 128 valence electrons. The molecule has 0 radical (unpaired) electrons. The van der Waals surface area contributed by atoms with Crippen molar-refractivity contribution in [1.82, 2.24) is 0 Å². The molecule has 1 heteroatoms. The third-order valence-electron chi connectivity index (χ3n) is 4.76. The van der Waals surface area contributed by atoms with E-state index in [1.807, 2.05) is 18.2 Å². The van der Waals surface area contributed by atoms with Crippen molar-refractivity contribution in [2.75, 3.05) is 0 Å². The van der Waals surface area contributed by atoms with Crippen LogP contribution in [0.1, 0.15) is 50.7 Å². The molecule has 0 saturated heterocycles. The molecule has 0 heterocycles. The molecule has 1 N–H and O–H groups in total. The first-order valence-electron chi connectivity index (χ1n) is 9.00. The zero-order valence-electron chi connectivity index (χ0n) is 15.5. The minimum Gasteiger partial charge on any atom is -0.507 e. The first-order chi connectivity index (χ1) is 12.0. The van der Waals surface area contributed by atoms with E-state index < -0.39 is 0 Å². The van der Waals surface area contributed by atoms with Crippen LogP contribution in [0.3, 0.4) is 0 Å². The number of hydrogen-bond acceptors (Lipinski definition) is 1. The lowest BCUT2D eigenvalue weighted by molar-refractivity contribution is 0.477. The summed E-state index contributed by atoms with van der Waals surface area (Å²) in [5.41, 5.74) is 6.99. The normalized spacial score (nSPS) is 11.3. The lowest BCUT2D eigenvalue weighted by Gasteiger charge is -2.17. The maximum Gasteiger partial charge on any atom is 0.123 e. The van der Waals surface area contributed by atoms with Gasteiger partial charge in [0, 0.05) is 5.56 Å². The SMILES string of the molecule is CC(C)c1ccccc1-c1ccc(O)c(-c2ccccc2C(C)C)c1. The second-order valence-corrected chi connectivity index (χ2v) is 7.22. The van der Waals surface area contributed by atoms with Gasteiger partial charge in [0.25, 0.3) is 0 Å². The zero-order chi connectivity index (χ0) is 18.0. The summed E-state index contributed by atoms with van der Waals surface area (Å²) in [6.07, 6.45) is 0. The molecular weight excluding hydrogens is 304 g/mol. The average molecular weight is 330 g/mol. The van der Waals surface area contributed by atoms with Gasteiger partial charge in [-0.05, 0) is 51.8 Å². The maximum absolute atomic E-state index is 10.5. The highest BCUT2D eigenvalue weighted by atomic mass is 16.3. The highest BCUT2D eigenvalue weighted by Gasteiger charge is 2.14. The van der Waals surface area contributed by atoms with Crippen molar-refractivity contribution in [3.05, 3.63) is 77.9 Å². The molecule has 3 rings (SSSR count). The van der Waals surface area contributed by atoms with Crippen LogP contribution in [0, 0.1) is 0 Å². The predicted octanol–water partition coefficient (Wildman–Crippen LogP) is 6.97. The van der Waals surface area contributed by atoms with Crippen molar-refractivity contribution >= 4 is 0 Å². The predicted molar refractivity (Wildman–Crippen MR) is 107 cm³/mol. The molecule has 0 amide bonds. The third kappa shape index (κ3) is 3.46. The van der Waals surface area contributed by atoms with Crippen LogP contribution in [0.25, 0.3) is 22.3 Å². The first-order valence-corrected chi connectivity index (χ1v) is 9.00. The van der Waals surface area contributed by atoms with Crippen molar-refractivity contribution in [3.63, 3.8) is 0 Å². The Morgan fingerprint density at radius 3 is 1.72 bits per heavy atom. The van der Waals surface area contributed by atoms with Crippen LogP contribution in [0.4, 0.5) is 0 Å². The van der Waals surface area contributed by atoms with Gasteiger partial charge < -0.3 is 5.11 Å². The topological polar surface area (TPSA) is 20.2 Å². The number of rotatable bonds is 4. The summed E-state index contributed by atoms with van der Waals surface area (Å²) < 4.78 is 0. The van der Waals surface area contributed by atoms with Crippen molar-refractivity contribution in [1.29, 1.82) is 0 Å². The average Bonchev–Trinajstić information content (AvgIpc) is 2.62. The summed E-state index contributed by atoms with van der Waals surface area (Å²) in [7, 11) is 0. The van der Waals surface area contributed by atoms with E-state index in [4.69, 9.17) is 0 Å². The maximum atomic E-state index is 10.5. The fraction of sp³-hybridized carbons (Fsp3) is 0.250. The van der Waals surface area contributed by atoms with Crippen LogP contribution in [0.15, 0.2) is 66.7 Å². The smallest absolute Gasteiger partial charge is 0.123 e. The Labute approximate surface area is 151 Å². The first kappa shape index (κ1) is 17.3. The second-order valence-electron chi connectivity index (χ2n) is 7.22. The quantitative estimate of drug-likeness (QED) is 0.547. The lowest BCUT2D eigenvalue weighted by atomic mass is 9.88. The summed E-state index contributed by atoms with van der Waals surface area (Å²) in [4.78, 5) is 0. The number of phenolic OH excluding ortho intramolecular Hbond substituents is 1.